The normalized spacial score (nSPS) is 10.3. The van der Waals surface area contributed by atoms with Crippen molar-refractivity contribution in [1.29, 1.82) is 0 Å². The Morgan fingerprint density at radius 1 is 1.10 bits per heavy atom. The van der Waals surface area contributed by atoms with Crippen LogP contribution in [0.2, 0.25) is 0 Å². The number of nitrogens with zero attached hydrogens (tertiary/aromatic N) is 1. The zero-order valence-corrected chi connectivity index (χ0v) is 11.5. The minimum absolute atomic E-state index is 0.630. The Morgan fingerprint density at radius 2 is 1.65 bits per heavy atom. The fourth-order valence-corrected chi connectivity index (χ4v) is 1.64. The number of anilines is 1. The molecule has 6 heteroatoms. The van der Waals surface area contributed by atoms with Gasteiger partial charge >= 0.3 is 12.0 Å². The highest BCUT2D eigenvalue weighted by Gasteiger charge is 2.13. The molecule has 106 valence electrons. The summed E-state index contributed by atoms with van der Waals surface area (Å²) in [4.78, 5) is 34.7. The summed E-state index contributed by atoms with van der Waals surface area (Å²) in [5.41, 5.74) is 2.64. The van der Waals surface area contributed by atoms with Crippen LogP contribution in [0.3, 0.4) is 0 Å². The van der Waals surface area contributed by atoms with Crippen molar-refractivity contribution in [2.45, 2.75) is 13.8 Å². The monoisotopic (exact) mass is 276 g/mol. The van der Waals surface area contributed by atoms with Gasteiger partial charge in [0, 0.05) is 24.9 Å². The molecule has 1 rings (SSSR count). The van der Waals surface area contributed by atoms with Crippen molar-refractivity contribution in [3.8, 4) is 0 Å². The quantitative estimate of drug-likeness (QED) is 0.821. The van der Waals surface area contributed by atoms with Gasteiger partial charge in [0.2, 0.25) is 0 Å². The summed E-state index contributed by atoms with van der Waals surface area (Å²) in [6.07, 6.45) is 1.45. The van der Waals surface area contributed by atoms with Crippen LogP contribution in [0.25, 0.3) is 0 Å². The van der Waals surface area contributed by atoms with E-state index in [2.05, 4.69) is 5.32 Å². The van der Waals surface area contributed by atoms with E-state index in [0.29, 0.717) is 11.8 Å². The summed E-state index contributed by atoms with van der Waals surface area (Å²) < 4.78 is 0. The maximum atomic E-state index is 11.8. The van der Waals surface area contributed by atoms with Crippen LogP contribution < -0.4 is 10.2 Å². The first kappa shape index (κ1) is 15.4. The number of hydrogen-bond acceptors (Lipinski definition) is 3. The number of aliphatic carboxylic acids is 1. The predicted molar refractivity (Wildman–Crippen MR) is 74.6 cm³/mol. The Kier molecular flexibility index (Phi) is 5.02. The van der Waals surface area contributed by atoms with Crippen LogP contribution in [0.15, 0.2) is 30.4 Å². The standard InChI is InChI=1S/C14H16N2O4/c1-9-6-10(2)8-11(7-9)16(3)14(20)15-12(17)4-5-13(18)19/h4-8H,1-3H3,(H,18,19)(H,15,17,20). The topological polar surface area (TPSA) is 86.7 Å². The van der Waals surface area contributed by atoms with E-state index >= 15 is 0 Å². The number of urea groups is 1. The molecule has 0 bridgehead atoms. The Bertz CT molecular complexity index is 558. The molecular formula is C14H16N2O4. The van der Waals surface area contributed by atoms with Gasteiger partial charge in [-0.2, -0.15) is 0 Å². The van der Waals surface area contributed by atoms with Crippen LogP contribution in [0.1, 0.15) is 11.1 Å². The SMILES string of the molecule is Cc1cc(C)cc(N(C)C(=O)NC(=O)C=CC(=O)O)c1. The summed E-state index contributed by atoms with van der Waals surface area (Å²) in [6.45, 7) is 3.81. The third kappa shape index (κ3) is 4.56. The Morgan fingerprint density at radius 3 is 2.15 bits per heavy atom. The van der Waals surface area contributed by atoms with Gasteiger partial charge < -0.3 is 5.11 Å². The van der Waals surface area contributed by atoms with Crippen molar-refractivity contribution in [3.63, 3.8) is 0 Å². The van der Waals surface area contributed by atoms with Crippen molar-refractivity contribution in [3.05, 3.63) is 41.5 Å². The predicted octanol–water partition coefficient (Wildman–Crippen LogP) is 1.62. The number of benzene rings is 1. The number of hydrogen-bond donors (Lipinski definition) is 2. The smallest absolute Gasteiger partial charge is 0.328 e. The van der Waals surface area contributed by atoms with Gasteiger partial charge in [-0.25, -0.2) is 9.59 Å². The van der Waals surface area contributed by atoms with Crippen LogP contribution in [0, 0.1) is 13.8 Å². The second-order valence-corrected chi connectivity index (χ2v) is 4.37. The van der Waals surface area contributed by atoms with E-state index < -0.39 is 17.9 Å². The number of carboxylic acid groups (broad SMARTS) is 1. The molecule has 20 heavy (non-hydrogen) atoms. The number of nitrogens with one attached hydrogen (secondary N) is 1. The maximum Gasteiger partial charge on any atom is 0.328 e. The number of amides is 3. The minimum atomic E-state index is -1.25. The lowest BCUT2D eigenvalue weighted by Gasteiger charge is -2.18. The molecule has 0 aliphatic carbocycles. The minimum Gasteiger partial charge on any atom is -0.478 e. The summed E-state index contributed by atoms with van der Waals surface area (Å²) in [6, 6.07) is 4.96. The molecule has 0 fully saturated rings. The van der Waals surface area contributed by atoms with Crippen LogP contribution in [0.4, 0.5) is 10.5 Å². The molecule has 0 unspecified atom stereocenters. The Balaban J connectivity index is 2.76. The second kappa shape index (κ2) is 6.51. The molecule has 6 nitrogen and oxygen atoms in total. The molecular weight excluding hydrogens is 260 g/mol. The highest BCUT2D eigenvalue weighted by molar-refractivity contribution is 6.07. The van der Waals surface area contributed by atoms with Gasteiger partial charge in [-0.15, -0.1) is 0 Å². The Hall–Kier alpha value is -2.63. The van der Waals surface area contributed by atoms with Crippen molar-refractivity contribution in [2.24, 2.45) is 0 Å². The van der Waals surface area contributed by atoms with E-state index in [0.717, 1.165) is 17.2 Å². The van der Waals surface area contributed by atoms with Crippen molar-refractivity contribution < 1.29 is 19.5 Å². The zero-order chi connectivity index (χ0) is 15.3. The third-order valence-corrected chi connectivity index (χ3v) is 2.51. The molecule has 3 amide bonds. The van der Waals surface area contributed by atoms with Gasteiger partial charge in [0.05, 0.1) is 0 Å². The average Bonchev–Trinajstić information content (AvgIpc) is 2.34. The maximum absolute atomic E-state index is 11.8. The van der Waals surface area contributed by atoms with Gasteiger partial charge in [-0.1, -0.05) is 6.07 Å². The molecule has 0 radical (unpaired) electrons. The fraction of sp³-hybridized carbons (Fsp3) is 0.214. The molecule has 1 aromatic rings. The van der Waals surface area contributed by atoms with Crippen molar-refractivity contribution >= 4 is 23.6 Å². The number of rotatable bonds is 3. The molecule has 2 N–H and O–H groups in total. The number of imide groups is 1. The molecule has 0 saturated carbocycles. The first-order valence-electron chi connectivity index (χ1n) is 5.87. The lowest BCUT2D eigenvalue weighted by atomic mass is 10.1. The van der Waals surface area contributed by atoms with E-state index in [1.54, 1.807) is 0 Å². The van der Waals surface area contributed by atoms with Crippen LogP contribution in [0.5, 0.6) is 0 Å². The lowest BCUT2D eigenvalue weighted by Crippen LogP contribution is -2.40. The molecule has 0 atom stereocenters. The van der Waals surface area contributed by atoms with E-state index in [-0.39, 0.29) is 0 Å². The molecule has 0 saturated heterocycles. The number of carbonyl (C=O) groups is 3. The van der Waals surface area contributed by atoms with E-state index in [1.807, 2.05) is 32.0 Å². The van der Waals surface area contributed by atoms with Crippen molar-refractivity contribution in [2.75, 3.05) is 11.9 Å². The third-order valence-electron chi connectivity index (χ3n) is 2.51. The second-order valence-electron chi connectivity index (χ2n) is 4.37. The van der Waals surface area contributed by atoms with E-state index in [4.69, 9.17) is 5.11 Å². The zero-order valence-electron chi connectivity index (χ0n) is 11.5. The molecule has 0 aliphatic heterocycles. The van der Waals surface area contributed by atoms with Crippen LogP contribution in [-0.4, -0.2) is 30.1 Å². The Labute approximate surface area is 116 Å². The summed E-state index contributed by atoms with van der Waals surface area (Å²) >= 11 is 0. The first-order chi connectivity index (χ1) is 9.29. The summed E-state index contributed by atoms with van der Waals surface area (Å²) in [5, 5.41) is 10.5. The van der Waals surface area contributed by atoms with Gasteiger partial charge in [-0.05, 0) is 37.1 Å². The fourth-order valence-electron chi connectivity index (χ4n) is 1.64. The van der Waals surface area contributed by atoms with Crippen LogP contribution in [-0.2, 0) is 9.59 Å². The molecule has 1 aromatic carbocycles. The van der Waals surface area contributed by atoms with Crippen LogP contribution >= 0.6 is 0 Å². The van der Waals surface area contributed by atoms with E-state index in [9.17, 15) is 14.4 Å². The molecule has 0 aliphatic rings. The summed E-state index contributed by atoms with van der Waals surface area (Å²) in [5.74, 6) is -2.04. The van der Waals surface area contributed by atoms with Crippen molar-refractivity contribution in [1.82, 2.24) is 5.32 Å². The molecule has 0 heterocycles. The van der Waals surface area contributed by atoms with Gasteiger partial charge in [0.15, 0.2) is 0 Å². The number of carboxylic acids is 1. The van der Waals surface area contributed by atoms with E-state index in [1.165, 1.54) is 11.9 Å². The van der Waals surface area contributed by atoms with Gasteiger partial charge in [0.1, 0.15) is 0 Å². The first-order valence-corrected chi connectivity index (χ1v) is 5.87. The van der Waals surface area contributed by atoms with Gasteiger partial charge in [0.25, 0.3) is 5.91 Å². The summed E-state index contributed by atoms with van der Waals surface area (Å²) in [7, 11) is 1.53. The molecule has 0 spiro atoms. The molecule has 0 aromatic heterocycles. The number of aryl methyl sites for hydroxylation is 2. The van der Waals surface area contributed by atoms with Gasteiger partial charge in [-0.3, -0.25) is 15.0 Å². The average molecular weight is 276 g/mol. The largest absolute Gasteiger partial charge is 0.478 e. The highest BCUT2D eigenvalue weighted by Crippen LogP contribution is 2.17. The lowest BCUT2D eigenvalue weighted by molar-refractivity contribution is -0.131. The number of carbonyl (C=O) groups excluding carboxylic acids is 2. The highest BCUT2D eigenvalue weighted by atomic mass is 16.4.